The van der Waals surface area contributed by atoms with Crippen molar-refractivity contribution in [1.82, 2.24) is 5.32 Å². The number of ether oxygens (including phenoxy) is 2. The zero-order valence-electron chi connectivity index (χ0n) is 24.2. The highest BCUT2D eigenvalue weighted by Gasteiger charge is 2.67. The first-order valence-corrected chi connectivity index (χ1v) is 14.9. The molecule has 0 saturated heterocycles. The number of amides is 1. The van der Waals surface area contributed by atoms with Crippen LogP contribution in [0, 0.1) is 40.4 Å². The van der Waals surface area contributed by atoms with Gasteiger partial charge in [-0.2, -0.15) is 0 Å². The SMILES string of the molecule is CC(=O)NCC(C)CCC1=C(C)C2C(C)(CC3C4CC=C5CC(OC(C)=O)CC[C@]5(C)C4CC[C@@]32C)O1. The summed E-state index contributed by atoms with van der Waals surface area (Å²) in [5.41, 5.74) is 3.51. The van der Waals surface area contributed by atoms with Crippen LogP contribution in [0.15, 0.2) is 23.0 Å². The van der Waals surface area contributed by atoms with Crippen molar-refractivity contribution in [1.29, 1.82) is 0 Å². The van der Waals surface area contributed by atoms with E-state index in [-0.39, 0.29) is 29.0 Å². The van der Waals surface area contributed by atoms with Gasteiger partial charge in [-0.05, 0) is 98.9 Å². The summed E-state index contributed by atoms with van der Waals surface area (Å²) in [5, 5.41) is 2.96. The molecule has 7 unspecified atom stereocenters. The second-order valence-electron chi connectivity index (χ2n) is 14.0. The minimum absolute atomic E-state index is 0.0481. The summed E-state index contributed by atoms with van der Waals surface area (Å²) in [6.07, 6.45) is 12.6. The molecule has 1 amide bonds. The molecule has 3 saturated carbocycles. The van der Waals surface area contributed by atoms with Gasteiger partial charge in [-0.25, -0.2) is 0 Å². The van der Waals surface area contributed by atoms with E-state index in [0.717, 1.165) is 56.9 Å². The smallest absolute Gasteiger partial charge is 0.302 e. The van der Waals surface area contributed by atoms with Gasteiger partial charge in [0.1, 0.15) is 11.7 Å². The second-order valence-corrected chi connectivity index (χ2v) is 14.0. The van der Waals surface area contributed by atoms with Gasteiger partial charge in [-0.1, -0.05) is 32.4 Å². The first-order chi connectivity index (χ1) is 17.4. The molecule has 1 heterocycles. The van der Waals surface area contributed by atoms with E-state index < -0.39 is 0 Å². The van der Waals surface area contributed by atoms with Crippen LogP contribution in [0.4, 0.5) is 0 Å². The van der Waals surface area contributed by atoms with Gasteiger partial charge < -0.3 is 14.8 Å². The number of hydrogen-bond donors (Lipinski definition) is 1. The molecule has 9 atom stereocenters. The average molecular weight is 512 g/mol. The minimum atomic E-state index is -0.146. The Labute approximate surface area is 224 Å². The highest BCUT2D eigenvalue weighted by atomic mass is 16.5. The van der Waals surface area contributed by atoms with Gasteiger partial charge in [0, 0.05) is 39.2 Å². The summed E-state index contributed by atoms with van der Waals surface area (Å²) in [6.45, 7) is 15.9. The largest absolute Gasteiger partial charge is 0.491 e. The quantitative estimate of drug-likeness (QED) is 0.317. The van der Waals surface area contributed by atoms with E-state index in [4.69, 9.17) is 9.47 Å². The molecule has 5 aliphatic rings. The summed E-state index contributed by atoms with van der Waals surface area (Å²) < 4.78 is 12.5. The first-order valence-electron chi connectivity index (χ1n) is 14.9. The molecular weight excluding hydrogens is 462 g/mol. The molecule has 1 N–H and O–H groups in total. The van der Waals surface area contributed by atoms with Crippen molar-refractivity contribution >= 4 is 11.9 Å². The van der Waals surface area contributed by atoms with Crippen molar-refractivity contribution in [2.45, 2.75) is 118 Å². The Kier molecular flexibility index (Phi) is 6.85. The van der Waals surface area contributed by atoms with E-state index in [1.165, 1.54) is 37.5 Å². The first kappa shape index (κ1) is 26.8. The molecule has 4 aliphatic carbocycles. The zero-order valence-corrected chi connectivity index (χ0v) is 24.2. The molecule has 0 aromatic rings. The van der Waals surface area contributed by atoms with Crippen molar-refractivity contribution < 1.29 is 19.1 Å². The molecule has 5 rings (SSSR count). The number of rotatable bonds is 6. The lowest BCUT2D eigenvalue weighted by Gasteiger charge is -2.58. The van der Waals surface area contributed by atoms with Gasteiger partial charge >= 0.3 is 5.97 Å². The van der Waals surface area contributed by atoms with Gasteiger partial charge in [0.2, 0.25) is 5.91 Å². The van der Waals surface area contributed by atoms with E-state index in [0.29, 0.717) is 23.2 Å². The maximum Gasteiger partial charge on any atom is 0.302 e. The highest BCUT2D eigenvalue weighted by molar-refractivity contribution is 5.72. The van der Waals surface area contributed by atoms with Gasteiger partial charge in [0.05, 0.1) is 5.76 Å². The van der Waals surface area contributed by atoms with Crippen molar-refractivity contribution in [3.8, 4) is 0 Å². The topological polar surface area (TPSA) is 64.6 Å². The van der Waals surface area contributed by atoms with Crippen molar-refractivity contribution in [2.24, 2.45) is 40.4 Å². The molecule has 5 nitrogen and oxygen atoms in total. The van der Waals surface area contributed by atoms with E-state index in [9.17, 15) is 9.59 Å². The number of hydrogen-bond acceptors (Lipinski definition) is 4. The molecule has 206 valence electrons. The lowest BCUT2D eigenvalue weighted by molar-refractivity contribution is -0.148. The fraction of sp³-hybridized carbons (Fsp3) is 0.812. The summed E-state index contributed by atoms with van der Waals surface area (Å²) >= 11 is 0. The predicted molar refractivity (Wildman–Crippen MR) is 145 cm³/mol. The number of fused-ring (bicyclic) bond motifs is 7. The fourth-order valence-electron chi connectivity index (χ4n) is 9.93. The lowest BCUT2D eigenvalue weighted by Crippen LogP contribution is -2.50. The van der Waals surface area contributed by atoms with Gasteiger partial charge in [-0.15, -0.1) is 0 Å². The Bertz CT molecular complexity index is 1010. The van der Waals surface area contributed by atoms with Crippen molar-refractivity contribution in [3.05, 3.63) is 23.0 Å². The van der Waals surface area contributed by atoms with Gasteiger partial charge in [0.25, 0.3) is 0 Å². The van der Waals surface area contributed by atoms with Crippen LogP contribution in [0.2, 0.25) is 0 Å². The van der Waals surface area contributed by atoms with Crippen LogP contribution < -0.4 is 5.32 Å². The summed E-state index contributed by atoms with van der Waals surface area (Å²) in [5.74, 6) is 4.22. The normalized spacial score (nSPS) is 43.0. The standard InChI is InChI=1S/C32H49NO4/c1-19(18-33-21(3)34)8-11-28-20(2)29-31(6)15-13-26-25(27(31)17-32(29,7)37-28)10-9-23-16-24(36-22(4)35)12-14-30(23,26)5/h9,19,24-27,29H,8,10-18H2,1-7H3,(H,33,34)/t19?,24?,25?,26?,27?,29?,30-,31-,32?/m0/s1. The van der Waals surface area contributed by atoms with Crippen LogP contribution in [-0.4, -0.2) is 30.1 Å². The number of esters is 1. The zero-order chi connectivity index (χ0) is 26.8. The number of carbonyl (C=O) groups excluding carboxylic acids is 2. The third-order valence-corrected chi connectivity index (χ3v) is 11.5. The van der Waals surface area contributed by atoms with Crippen LogP contribution in [0.25, 0.3) is 0 Å². The van der Waals surface area contributed by atoms with Crippen LogP contribution in [-0.2, 0) is 19.1 Å². The molecule has 1 aliphatic heterocycles. The van der Waals surface area contributed by atoms with Crippen LogP contribution in [0.5, 0.6) is 0 Å². The Balaban J connectivity index is 1.32. The monoisotopic (exact) mass is 511 g/mol. The predicted octanol–water partition coefficient (Wildman–Crippen LogP) is 6.72. The molecule has 5 heteroatoms. The third kappa shape index (κ3) is 4.46. The highest BCUT2D eigenvalue weighted by Crippen LogP contribution is 2.71. The second kappa shape index (κ2) is 9.45. The molecule has 37 heavy (non-hydrogen) atoms. The van der Waals surface area contributed by atoms with E-state index in [1.807, 2.05) is 0 Å². The van der Waals surface area contributed by atoms with Crippen LogP contribution in [0.3, 0.4) is 0 Å². The Morgan fingerprint density at radius 1 is 1.16 bits per heavy atom. The summed E-state index contributed by atoms with van der Waals surface area (Å²) in [4.78, 5) is 22.9. The Hall–Kier alpha value is -1.78. The number of allylic oxidation sites excluding steroid dienone is 2. The summed E-state index contributed by atoms with van der Waals surface area (Å²) in [7, 11) is 0. The number of nitrogens with one attached hydrogen (secondary N) is 1. The third-order valence-electron chi connectivity index (χ3n) is 11.5. The maximum atomic E-state index is 11.6. The van der Waals surface area contributed by atoms with E-state index >= 15 is 0 Å². The minimum Gasteiger partial charge on any atom is -0.491 e. The molecule has 3 fully saturated rings. The van der Waals surface area contributed by atoms with E-state index in [1.54, 1.807) is 12.5 Å². The molecule has 0 bridgehead atoms. The molecular formula is C32H49NO4. The average Bonchev–Trinajstić information content (AvgIpc) is 3.22. The molecule has 0 aromatic carbocycles. The van der Waals surface area contributed by atoms with E-state index in [2.05, 4.69) is 46.0 Å². The number of carbonyl (C=O) groups is 2. The van der Waals surface area contributed by atoms with Crippen LogP contribution >= 0.6 is 0 Å². The lowest BCUT2D eigenvalue weighted by atomic mass is 9.47. The van der Waals surface area contributed by atoms with Crippen LogP contribution in [0.1, 0.15) is 106 Å². The van der Waals surface area contributed by atoms with Crippen molar-refractivity contribution in [3.63, 3.8) is 0 Å². The molecule has 0 aromatic heterocycles. The van der Waals surface area contributed by atoms with Crippen molar-refractivity contribution in [2.75, 3.05) is 6.54 Å². The van der Waals surface area contributed by atoms with Gasteiger partial charge in [-0.3, -0.25) is 9.59 Å². The fourth-order valence-corrected chi connectivity index (χ4v) is 9.93. The summed E-state index contributed by atoms with van der Waals surface area (Å²) in [6, 6.07) is 0. The molecule has 0 radical (unpaired) electrons. The maximum absolute atomic E-state index is 11.6. The Morgan fingerprint density at radius 2 is 1.92 bits per heavy atom. The van der Waals surface area contributed by atoms with Gasteiger partial charge in [0.15, 0.2) is 0 Å². The Morgan fingerprint density at radius 3 is 2.62 bits per heavy atom. The molecule has 0 spiro atoms.